The van der Waals surface area contributed by atoms with Crippen molar-refractivity contribution in [3.05, 3.63) is 47.0 Å². The summed E-state index contributed by atoms with van der Waals surface area (Å²) < 4.78 is 1.85. The molecule has 0 aliphatic rings. The van der Waals surface area contributed by atoms with E-state index in [9.17, 15) is 0 Å². The highest BCUT2D eigenvalue weighted by atomic mass is 15.3. The van der Waals surface area contributed by atoms with Crippen molar-refractivity contribution < 1.29 is 0 Å². The van der Waals surface area contributed by atoms with Gasteiger partial charge in [0.15, 0.2) is 0 Å². The lowest BCUT2D eigenvalue weighted by atomic mass is 10.00. The molecule has 0 saturated carbocycles. The van der Waals surface area contributed by atoms with Crippen LogP contribution in [0.1, 0.15) is 22.3 Å². The lowest BCUT2D eigenvalue weighted by molar-refractivity contribution is 0.679. The van der Waals surface area contributed by atoms with E-state index in [-0.39, 0.29) is 0 Å². The molecule has 0 bridgehead atoms. The Kier molecular flexibility index (Phi) is 2.54. The molecule has 0 aliphatic carbocycles. The van der Waals surface area contributed by atoms with E-state index in [0.717, 1.165) is 6.54 Å². The van der Waals surface area contributed by atoms with Gasteiger partial charge in [-0.1, -0.05) is 17.7 Å². The summed E-state index contributed by atoms with van der Waals surface area (Å²) in [7, 11) is 0. The van der Waals surface area contributed by atoms with E-state index >= 15 is 0 Å². The lowest BCUT2D eigenvalue weighted by Crippen LogP contribution is -2.04. The van der Waals surface area contributed by atoms with Crippen molar-refractivity contribution in [3.63, 3.8) is 0 Å². The molecule has 0 aliphatic heterocycles. The maximum atomic E-state index is 4.12. The van der Waals surface area contributed by atoms with Crippen molar-refractivity contribution in [2.75, 3.05) is 0 Å². The van der Waals surface area contributed by atoms with Crippen LogP contribution in [0.2, 0.25) is 0 Å². The Morgan fingerprint density at radius 3 is 2.33 bits per heavy atom. The summed E-state index contributed by atoms with van der Waals surface area (Å²) in [6.45, 7) is 7.22. The maximum Gasteiger partial charge on any atom is 0.137 e. The highest BCUT2D eigenvalue weighted by molar-refractivity contribution is 5.37. The molecule has 2 rings (SSSR count). The molecule has 1 aromatic heterocycles. The van der Waals surface area contributed by atoms with Crippen molar-refractivity contribution in [1.29, 1.82) is 0 Å². The average molecular weight is 201 g/mol. The van der Waals surface area contributed by atoms with Gasteiger partial charge in [-0.05, 0) is 37.5 Å². The molecule has 3 nitrogen and oxygen atoms in total. The summed E-state index contributed by atoms with van der Waals surface area (Å²) in [5.74, 6) is 0. The molecule has 0 spiro atoms. The van der Waals surface area contributed by atoms with Crippen molar-refractivity contribution >= 4 is 0 Å². The van der Waals surface area contributed by atoms with Crippen LogP contribution < -0.4 is 0 Å². The minimum Gasteiger partial charge on any atom is -0.249 e. The van der Waals surface area contributed by atoms with Crippen LogP contribution in [-0.4, -0.2) is 14.8 Å². The van der Waals surface area contributed by atoms with Crippen LogP contribution in [0.3, 0.4) is 0 Å². The van der Waals surface area contributed by atoms with Crippen LogP contribution in [0.15, 0.2) is 24.8 Å². The fourth-order valence-electron chi connectivity index (χ4n) is 1.94. The van der Waals surface area contributed by atoms with Gasteiger partial charge in [0.05, 0.1) is 6.54 Å². The highest BCUT2D eigenvalue weighted by Gasteiger charge is 2.04. The van der Waals surface area contributed by atoms with Crippen molar-refractivity contribution in [2.24, 2.45) is 0 Å². The molecule has 2 aromatic rings. The third-order valence-corrected chi connectivity index (χ3v) is 2.63. The minimum atomic E-state index is 0.804. The molecular formula is C12H15N3. The van der Waals surface area contributed by atoms with E-state index < -0.39 is 0 Å². The molecule has 78 valence electrons. The summed E-state index contributed by atoms with van der Waals surface area (Å²) in [6.07, 6.45) is 3.32. The first-order chi connectivity index (χ1) is 7.16. The van der Waals surface area contributed by atoms with Gasteiger partial charge in [-0.15, -0.1) is 0 Å². The average Bonchev–Trinajstić information content (AvgIpc) is 2.63. The number of hydrogen-bond donors (Lipinski definition) is 0. The Morgan fingerprint density at radius 2 is 1.80 bits per heavy atom. The monoisotopic (exact) mass is 201 g/mol. The van der Waals surface area contributed by atoms with Gasteiger partial charge in [0.25, 0.3) is 0 Å². The molecule has 0 saturated heterocycles. The summed E-state index contributed by atoms with van der Waals surface area (Å²) in [4.78, 5) is 3.95. The number of hydrogen-bond acceptors (Lipinski definition) is 2. The third-order valence-electron chi connectivity index (χ3n) is 2.63. The van der Waals surface area contributed by atoms with E-state index in [1.54, 1.807) is 12.7 Å². The third kappa shape index (κ3) is 2.06. The van der Waals surface area contributed by atoms with Crippen LogP contribution in [-0.2, 0) is 6.54 Å². The van der Waals surface area contributed by atoms with E-state index in [1.165, 1.54) is 22.3 Å². The maximum absolute atomic E-state index is 4.12. The zero-order chi connectivity index (χ0) is 10.8. The van der Waals surface area contributed by atoms with Crippen LogP contribution in [0.5, 0.6) is 0 Å². The second-order valence-electron chi connectivity index (χ2n) is 3.97. The Bertz CT molecular complexity index is 435. The van der Waals surface area contributed by atoms with Gasteiger partial charge in [-0.25, -0.2) is 9.67 Å². The highest BCUT2D eigenvalue weighted by Crippen LogP contribution is 2.16. The fourth-order valence-corrected chi connectivity index (χ4v) is 1.94. The predicted molar refractivity (Wildman–Crippen MR) is 59.8 cm³/mol. The molecule has 0 amide bonds. The summed E-state index contributed by atoms with van der Waals surface area (Å²) >= 11 is 0. The molecule has 1 heterocycles. The van der Waals surface area contributed by atoms with Crippen LogP contribution in [0.25, 0.3) is 0 Å². The number of rotatable bonds is 2. The molecule has 0 atom stereocenters. The molecule has 0 N–H and O–H groups in total. The normalized spacial score (nSPS) is 10.6. The second kappa shape index (κ2) is 3.85. The second-order valence-corrected chi connectivity index (χ2v) is 3.97. The zero-order valence-electron chi connectivity index (χ0n) is 9.36. The predicted octanol–water partition coefficient (Wildman–Crippen LogP) is 2.25. The first kappa shape index (κ1) is 9.90. The first-order valence-electron chi connectivity index (χ1n) is 5.06. The first-order valence-corrected chi connectivity index (χ1v) is 5.06. The number of nitrogens with zero attached hydrogens (tertiary/aromatic N) is 3. The van der Waals surface area contributed by atoms with E-state index in [0.29, 0.717) is 0 Å². The zero-order valence-corrected chi connectivity index (χ0v) is 9.36. The van der Waals surface area contributed by atoms with Gasteiger partial charge < -0.3 is 0 Å². The Labute approximate surface area is 89.8 Å². The summed E-state index contributed by atoms with van der Waals surface area (Å²) in [6, 6.07) is 4.42. The van der Waals surface area contributed by atoms with Crippen LogP contribution in [0.4, 0.5) is 0 Å². The van der Waals surface area contributed by atoms with Gasteiger partial charge in [-0.2, -0.15) is 5.10 Å². The molecule has 1 aromatic carbocycles. The van der Waals surface area contributed by atoms with Gasteiger partial charge in [-0.3, -0.25) is 0 Å². The topological polar surface area (TPSA) is 30.7 Å². The summed E-state index contributed by atoms with van der Waals surface area (Å²) in [5, 5.41) is 4.12. The number of aromatic nitrogens is 3. The molecular weight excluding hydrogens is 186 g/mol. The van der Waals surface area contributed by atoms with Gasteiger partial charge in [0, 0.05) is 0 Å². The lowest BCUT2D eigenvalue weighted by Gasteiger charge is -2.10. The van der Waals surface area contributed by atoms with Crippen molar-refractivity contribution in [1.82, 2.24) is 14.8 Å². The largest absolute Gasteiger partial charge is 0.249 e. The number of benzene rings is 1. The SMILES string of the molecule is Cc1cc(C)c(Cn2cncn2)c(C)c1. The quantitative estimate of drug-likeness (QED) is 0.746. The molecule has 0 unspecified atom stereocenters. The standard InChI is InChI=1S/C12H15N3/c1-9-4-10(2)12(11(3)5-9)6-15-8-13-7-14-15/h4-5,7-8H,6H2,1-3H3. The van der Waals surface area contributed by atoms with Gasteiger partial charge in [0.1, 0.15) is 12.7 Å². The van der Waals surface area contributed by atoms with Gasteiger partial charge in [0.2, 0.25) is 0 Å². The van der Waals surface area contributed by atoms with E-state index in [1.807, 2.05) is 4.68 Å². The Balaban J connectivity index is 2.36. The van der Waals surface area contributed by atoms with Crippen LogP contribution >= 0.6 is 0 Å². The Hall–Kier alpha value is -1.64. The summed E-state index contributed by atoms with van der Waals surface area (Å²) in [5.41, 5.74) is 5.30. The molecule has 0 radical (unpaired) electrons. The van der Waals surface area contributed by atoms with Crippen LogP contribution in [0, 0.1) is 20.8 Å². The minimum absolute atomic E-state index is 0.804. The number of aryl methyl sites for hydroxylation is 3. The van der Waals surface area contributed by atoms with Crippen molar-refractivity contribution in [2.45, 2.75) is 27.3 Å². The van der Waals surface area contributed by atoms with Gasteiger partial charge >= 0.3 is 0 Å². The van der Waals surface area contributed by atoms with E-state index in [4.69, 9.17) is 0 Å². The molecule has 15 heavy (non-hydrogen) atoms. The van der Waals surface area contributed by atoms with Crippen molar-refractivity contribution in [3.8, 4) is 0 Å². The smallest absolute Gasteiger partial charge is 0.137 e. The van der Waals surface area contributed by atoms with E-state index in [2.05, 4.69) is 43.0 Å². The Morgan fingerprint density at radius 1 is 1.13 bits per heavy atom. The fraction of sp³-hybridized carbons (Fsp3) is 0.333. The molecule has 3 heteroatoms. The molecule has 0 fully saturated rings.